The van der Waals surface area contributed by atoms with Crippen LogP contribution in [0.2, 0.25) is 0 Å². The number of rotatable bonds is 3. The van der Waals surface area contributed by atoms with Gasteiger partial charge in [-0.15, -0.1) is 0 Å². The van der Waals surface area contributed by atoms with Gasteiger partial charge in [-0.05, 0) is 24.9 Å². The van der Waals surface area contributed by atoms with Crippen LogP contribution < -0.4 is 5.32 Å². The summed E-state index contributed by atoms with van der Waals surface area (Å²) in [5.74, 6) is -0.289. The Morgan fingerprint density at radius 2 is 2.06 bits per heavy atom. The molecule has 0 aromatic heterocycles. The Balaban J connectivity index is 2.26. The Hall–Kier alpha value is -0.390. The molecule has 0 spiro atoms. The van der Waals surface area contributed by atoms with Crippen LogP contribution >= 0.6 is 31.9 Å². The quantitative estimate of drug-likeness (QED) is 0.651. The van der Waals surface area contributed by atoms with Gasteiger partial charge in [-0.2, -0.15) is 0 Å². The normalized spacial score (nSPS) is 23.9. The van der Waals surface area contributed by atoms with Crippen LogP contribution in [0.3, 0.4) is 0 Å². The third-order valence-corrected chi connectivity index (χ3v) is 3.87. The standard InChI is InChI=1S/C13H15Br2NO2/c14-11(15)12(17)18-13(7-4-8-16-9-13)10-5-2-1-3-6-10/h1-3,5-6,11,16H,4,7-9H2. The first-order valence-corrected chi connectivity index (χ1v) is 7.74. The summed E-state index contributed by atoms with van der Waals surface area (Å²) in [4.78, 5) is 11.8. The number of alkyl halides is 2. The summed E-state index contributed by atoms with van der Waals surface area (Å²) < 4.78 is 5.27. The third-order valence-electron chi connectivity index (χ3n) is 3.12. The number of hydrogen-bond donors (Lipinski definition) is 1. The molecule has 0 aliphatic carbocycles. The second-order valence-corrected chi connectivity index (χ2v) is 7.42. The van der Waals surface area contributed by atoms with Gasteiger partial charge in [-0.25, -0.2) is 4.79 Å². The highest BCUT2D eigenvalue weighted by molar-refractivity contribution is 9.25. The third kappa shape index (κ3) is 3.13. The maximum Gasteiger partial charge on any atom is 0.331 e. The zero-order valence-corrected chi connectivity index (χ0v) is 13.0. The van der Waals surface area contributed by atoms with Crippen LogP contribution in [0.15, 0.2) is 30.3 Å². The number of halogens is 2. The summed E-state index contributed by atoms with van der Waals surface area (Å²) in [6.45, 7) is 1.63. The van der Waals surface area contributed by atoms with E-state index in [9.17, 15) is 4.79 Å². The molecular formula is C13H15Br2NO2. The summed E-state index contributed by atoms with van der Waals surface area (Å²) >= 11 is 6.37. The first kappa shape index (κ1) is 14.0. The van der Waals surface area contributed by atoms with E-state index in [2.05, 4.69) is 37.2 Å². The number of nitrogens with one attached hydrogen (secondary N) is 1. The van der Waals surface area contributed by atoms with Crippen LogP contribution in [0.5, 0.6) is 0 Å². The first-order chi connectivity index (χ1) is 8.64. The molecule has 1 atom stereocenters. The lowest BCUT2D eigenvalue weighted by Crippen LogP contribution is -2.47. The van der Waals surface area contributed by atoms with E-state index in [-0.39, 0.29) is 5.97 Å². The Bertz CT molecular complexity index is 403. The van der Waals surface area contributed by atoms with Crippen molar-refractivity contribution in [3.05, 3.63) is 35.9 Å². The highest BCUT2D eigenvalue weighted by Crippen LogP contribution is 2.33. The van der Waals surface area contributed by atoms with Crippen molar-refractivity contribution < 1.29 is 9.53 Å². The number of piperidine rings is 1. The van der Waals surface area contributed by atoms with Crippen molar-refractivity contribution in [2.75, 3.05) is 13.1 Å². The number of hydrogen-bond acceptors (Lipinski definition) is 3. The van der Waals surface area contributed by atoms with E-state index in [0.717, 1.165) is 24.9 Å². The molecule has 1 saturated heterocycles. The van der Waals surface area contributed by atoms with Crippen molar-refractivity contribution >= 4 is 37.8 Å². The number of esters is 1. The van der Waals surface area contributed by atoms with Crippen molar-refractivity contribution in [1.29, 1.82) is 0 Å². The predicted molar refractivity (Wildman–Crippen MR) is 78.0 cm³/mol. The largest absolute Gasteiger partial charge is 0.451 e. The smallest absolute Gasteiger partial charge is 0.331 e. The van der Waals surface area contributed by atoms with E-state index in [4.69, 9.17) is 4.74 Å². The van der Waals surface area contributed by atoms with E-state index in [1.165, 1.54) is 0 Å². The van der Waals surface area contributed by atoms with Crippen LogP contribution in [0.4, 0.5) is 0 Å². The van der Waals surface area contributed by atoms with E-state index < -0.39 is 9.34 Å². The Kier molecular flexibility index (Phi) is 4.81. The Morgan fingerprint density at radius 3 is 2.61 bits per heavy atom. The van der Waals surface area contributed by atoms with Gasteiger partial charge in [0.15, 0.2) is 3.74 Å². The molecule has 0 bridgehead atoms. The molecule has 1 aliphatic heterocycles. The zero-order valence-electron chi connectivity index (χ0n) is 9.86. The molecule has 1 fully saturated rings. The topological polar surface area (TPSA) is 38.3 Å². The van der Waals surface area contributed by atoms with E-state index in [1.54, 1.807) is 0 Å². The van der Waals surface area contributed by atoms with Gasteiger partial charge in [0.1, 0.15) is 5.60 Å². The van der Waals surface area contributed by atoms with Crippen molar-refractivity contribution in [2.24, 2.45) is 0 Å². The number of carbonyl (C=O) groups excluding carboxylic acids is 1. The monoisotopic (exact) mass is 375 g/mol. The second kappa shape index (κ2) is 6.17. The summed E-state index contributed by atoms with van der Waals surface area (Å²) in [5, 5.41) is 3.31. The van der Waals surface area contributed by atoms with E-state index in [1.807, 2.05) is 30.3 Å². The summed E-state index contributed by atoms with van der Waals surface area (Å²) in [7, 11) is 0. The van der Waals surface area contributed by atoms with Crippen molar-refractivity contribution in [2.45, 2.75) is 22.2 Å². The maximum atomic E-state index is 11.8. The molecule has 1 N–H and O–H groups in total. The van der Waals surface area contributed by atoms with Crippen LogP contribution in [0, 0.1) is 0 Å². The van der Waals surface area contributed by atoms with Gasteiger partial charge in [0, 0.05) is 6.54 Å². The SMILES string of the molecule is O=C(OC1(c2ccccc2)CCCNC1)C(Br)Br. The molecule has 1 aromatic carbocycles. The molecule has 1 aliphatic rings. The lowest BCUT2D eigenvalue weighted by Gasteiger charge is -2.37. The number of ether oxygens (including phenoxy) is 1. The molecule has 1 aromatic rings. The van der Waals surface area contributed by atoms with E-state index in [0.29, 0.717) is 6.54 Å². The van der Waals surface area contributed by atoms with Crippen LogP contribution in [0.1, 0.15) is 18.4 Å². The minimum Gasteiger partial charge on any atom is -0.451 e. The number of benzene rings is 1. The molecule has 98 valence electrons. The van der Waals surface area contributed by atoms with Crippen molar-refractivity contribution in [3.8, 4) is 0 Å². The molecule has 1 heterocycles. The van der Waals surface area contributed by atoms with Crippen molar-refractivity contribution in [1.82, 2.24) is 5.32 Å². The highest BCUT2D eigenvalue weighted by Gasteiger charge is 2.38. The second-order valence-electron chi connectivity index (χ2n) is 4.36. The molecule has 2 rings (SSSR count). The van der Waals surface area contributed by atoms with E-state index >= 15 is 0 Å². The lowest BCUT2D eigenvalue weighted by molar-refractivity contribution is -0.160. The molecule has 0 radical (unpaired) electrons. The van der Waals surface area contributed by atoms with Crippen molar-refractivity contribution in [3.63, 3.8) is 0 Å². The van der Waals surface area contributed by atoms with Gasteiger partial charge in [0.25, 0.3) is 0 Å². The summed E-state index contributed by atoms with van der Waals surface area (Å²) in [6, 6.07) is 9.93. The van der Waals surface area contributed by atoms with Crippen LogP contribution in [0.25, 0.3) is 0 Å². The maximum absolute atomic E-state index is 11.8. The molecule has 0 saturated carbocycles. The molecule has 3 nitrogen and oxygen atoms in total. The molecular weight excluding hydrogens is 362 g/mol. The zero-order chi connectivity index (χ0) is 13.0. The fourth-order valence-corrected chi connectivity index (χ4v) is 2.44. The van der Waals surface area contributed by atoms with Crippen LogP contribution in [-0.4, -0.2) is 22.8 Å². The molecule has 1 unspecified atom stereocenters. The average molecular weight is 377 g/mol. The molecule has 5 heteroatoms. The average Bonchev–Trinajstić information content (AvgIpc) is 2.40. The van der Waals surface area contributed by atoms with Gasteiger partial charge in [-0.1, -0.05) is 62.2 Å². The Morgan fingerprint density at radius 1 is 1.33 bits per heavy atom. The molecule has 18 heavy (non-hydrogen) atoms. The highest BCUT2D eigenvalue weighted by atomic mass is 79.9. The van der Waals surface area contributed by atoms with Crippen LogP contribution in [-0.2, 0) is 15.1 Å². The van der Waals surface area contributed by atoms with Gasteiger partial charge in [0.2, 0.25) is 0 Å². The first-order valence-electron chi connectivity index (χ1n) is 5.91. The lowest BCUT2D eigenvalue weighted by atomic mass is 9.86. The van der Waals surface area contributed by atoms with Gasteiger partial charge in [0.05, 0.1) is 0 Å². The fourth-order valence-electron chi connectivity index (χ4n) is 2.25. The summed E-state index contributed by atoms with van der Waals surface area (Å²) in [5.41, 5.74) is 0.502. The summed E-state index contributed by atoms with van der Waals surface area (Å²) in [6.07, 6.45) is 1.85. The van der Waals surface area contributed by atoms with Gasteiger partial charge >= 0.3 is 5.97 Å². The number of carbonyl (C=O) groups is 1. The fraction of sp³-hybridized carbons (Fsp3) is 0.462. The molecule has 0 amide bonds. The minimum atomic E-state index is -0.545. The van der Waals surface area contributed by atoms with Gasteiger partial charge in [-0.3, -0.25) is 0 Å². The Labute approximate surface area is 124 Å². The predicted octanol–water partition coefficient (Wildman–Crippen LogP) is 2.92. The minimum absolute atomic E-state index is 0.289. The van der Waals surface area contributed by atoms with Gasteiger partial charge < -0.3 is 10.1 Å².